The molecule has 0 bridgehead atoms. The molecule has 3 heteroatoms. The predicted octanol–water partition coefficient (Wildman–Crippen LogP) is 3.15. The van der Waals surface area contributed by atoms with E-state index >= 15 is 0 Å². The first-order valence-corrected chi connectivity index (χ1v) is 8.58. The van der Waals surface area contributed by atoms with Crippen LogP contribution in [0.3, 0.4) is 0 Å². The summed E-state index contributed by atoms with van der Waals surface area (Å²) in [6.45, 7) is 0. The van der Waals surface area contributed by atoms with Crippen molar-refractivity contribution in [2.24, 2.45) is 0 Å². The van der Waals surface area contributed by atoms with Gasteiger partial charge < -0.3 is 4.89 Å². The Morgan fingerprint density at radius 2 is 1.17 bits per heavy atom. The standard InChI is InChI=1S/C20H15OP.BH3/c21-22(16-9-2-1-3-10-16)20-14-15-8-4-5-11-17(15)18-12-6-7-13-19(18)20;/h1-14,21H;1H3. The van der Waals surface area contributed by atoms with Crippen molar-refractivity contribution in [2.45, 2.75) is 0 Å². The van der Waals surface area contributed by atoms with Crippen molar-refractivity contribution in [1.82, 2.24) is 0 Å². The minimum atomic E-state index is -1.34. The van der Waals surface area contributed by atoms with E-state index in [0.29, 0.717) is 0 Å². The maximum atomic E-state index is 10.9. The largest absolute Gasteiger partial charge is 0.364 e. The SMILES string of the molecule is B.OP(c1ccccc1)c1cc2ccccc2c2ccccc12. The number of fused-ring (bicyclic) bond motifs is 3. The molecule has 4 aromatic carbocycles. The van der Waals surface area contributed by atoms with E-state index in [0.717, 1.165) is 16.0 Å². The van der Waals surface area contributed by atoms with Crippen LogP contribution in [0, 0.1) is 0 Å². The zero-order chi connectivity index (χ0) is 14.9. The molecule has 0 aliphatic heterocycles. The van der Waals surface area contributed by atoms with Gasteiger partial charge in [0.25, 0.3) is 0 Å². The Morgan fingerprint density at radius 1 is 0.609 bits per heavy atom. The third-order valence-electron chi connectivity index (χ3n) is 3.98. The van der Waals surface area contributed by atoms with Gasteiger partial charge >= 0.3 is 0 Å². The van der Waals surface area contributed by atoms with Crippen molar-refractivity contribution < 1.29 is 4.89 Å². The molecule has 0 saturated carbocycles. The molecule has 0 fully saturated rings. The zero-order valence-corrected chi connectivity index (χ0v) is 12.9. The number of rotatable bonds is 2. The molecule has 0 heterocycles. The van der Waals surface area contributed by atoms with Crippen LogP contribution >= 0.6 is 8.15 Å². The highest BCUT2D eigenvalue weighted by Gasteiger charge is 2.15. The molecule has 0 aliphatic rings. The average Bonchev–Trinajstić information content (AvgIpc) is 2.61. The summed E-state index contributed by atoms with van der Waals surface area (Å²) in [5.74, 6) is 0. The molecule has 0 amide bonds. The summed E-state index contributed by atoms with van der Waals surface area (Å²) in [4.78, 5) is 10.9. The maximum absolute atomic E-state index is 10.9. The van der Waals surface area contributed by atoms with Gasteiger partial charge in [-0.2, -0.15) is 0 Å². The van der Waals surface area contributed by atoms with Gasteiger partial charge in [-0.3, -0.25) is 0 Å². The molecule has 0 radical (unpaired) electrons. The highest BCUT2D eigenvalue weighted by atomic mass is 31.1. The van der Waals surface area contributed by atoms with Gasteiger partial charge in [-0.05, 0) is 27.6 Å². The summed E-state index contributed by atoms with van der Waals surface area (Å²) in [6.07, 6.45) is 0. The molecular weight excluding hydrogens is 298 g/mol. The minimum Gasteiger partial charge on any atom is -0.364 e. The Morgan fingerprint density at radius 3 is 1.91 bits per heavy atom. The van der Waals surface area contributed by atoms with Crippen molar-refractivity contribution in [3.05, 3.63) is 84.9 Å². The quantitative estimate of drug-likeness (QED) is 0.342. The van der Waals surface area contributed by atoms with Gasteiger partial charge in [0, 0.05) is 10.6 Å². The van der Waals surface area contributed by atoms with Gasteiger partial charge in [0.05, 0.1) is 16.6 Å². The van der Waals surface area contributed by atoms with Gasteiger partial charge in [-0.1, -0.05) is 78.9 Å². The fourth-order valence-corrected chi connectivity index (χ4v) is 4.34. The maximum Gasteiger partial charge on any atom is 0.0883 e. The van der Waals surface area contributed by atoms with Gasteiger partial charge in [0.2, 0.25) is 0 Å². The van der Waals surface area contributed by atoms with E-state index in [2.05, 4.69) is 42.5 Å². The zero-order valence-electron chi connectivity index (χ0n) is 12.0. The topological polar surface area (TPSA) is 20.2 Å². The van der Waals surface area contributed by atoms with Crippen LogP contribution in [0.15, 0.2) is 84.9 Å². The van der Waals surface area contributed by atoms with E-state index in [1.54, 1.807) is 0 Å². The molecule has 1 unspecified atom stereocenters. The number of hydrogen-bond acceptors (Lipinski definition) is 1. The Kier molecular flexibility index (Phi) is 4.47. The first-order chi connectivity index (χ1) is 10.8. The van der Waals surface area contributed by atoms with E-state index in [1.165, 1.54) is 16.2 Å². The molecule has 1 nitrogen and oxygen atoms in total. The molecular formula is C20H18BOP. The van der Waals surface area contributed by atoms with Crippen molar-refractivity contribution in [3.8, 4) is 0 Å². The van der Waals surface area contributed by atoms with Crippen LogP contribution in [0.5, 0.6) is 0 Å². The first-order valence-electron chi connectivity index (χ1n) is 7.29. The van der Waals surface area contributed by atoms with E-state index in [4.69, 9.17) is 0 Å². The first kappa shape index (κ1) is 15.7. The van der Waals surface area contributed by atoms with Crippen LogP contribution in [0.4, 0.5) is 0 Å². The van der Waals surface area contributed by atoms with Crippen molar-refractivity contribution in [3.63, 3.8) is 0 Å². The number of benzene rings is 4. The minimum absolute atomic E-state index is 0. The van der Waals surface area contributed by atoms with Crippen molar-refractivity contribution in [2.75, 3.05) is 0 Å². The molecule has 4 aromatic rings. The van der Waals surface area contributed by atoms with Crippen LogP contribution in [-0.2, 0) is 0 Å². The lowest BCUT2D eigenvalue weighted by Crippen LogP contribution is -2.12. The summed E-state index contributed by atoms with van der Waals surface area (Å²) >= 11 is 0. The molecule has 0 aromatic heterocycles. The monoisotopic (exact) mass is 316 g/mol. The molecule has 4 rings (SSSR count). The normalized spacial score (nSPS) is 12.0. The van der Waals surface area contributed by atoms with Crippen molar-refractivity contribution >= 4 is 48.7 Å². The highest BCUT2D eigenvalue weighted by molar-refractivity contribution is 7.68. The van der Waals surface area contributed by atoms with Crippen LogP contribution in [0.2, 0.25) is 0 Å². The van der Waals surface area contributed by atoms with Gasteiger partial charge in [0.15, 0.2) is 0 Å². The molecule has 1 atom stereocenters. The summed E-state index contributed by atoms with van der Waals surface area (Å²) in [5, 5.41) is 6.76. The average molecular weight is 316 g/mol. The van der Waals surface area contributed by atoms with Gasteiger partial charge in [-0.25, -0.2) is 0 Å². The Bertz CT molecular complexity index is 953. The molecule has 1 N–H and O–H groups in total. The Labute approximate surface area is 139 Å². The van der Waals surface area contributed by atoms with Gasteiger partial charge in [0.1, 0.15) is 0 Å². The third kappa shape index (κ3) is 2.76. The summed E-state index contributed by atoms with van der Waals surface area (Å²) in [7, 11) is -1.34. The second-order valence-electron chi connectivity index (χ2n) is 5.31. The lowest BCUT2D eigenvalue weighted by Gasteiger charge is -2.16. The lowest BCUT2D eigenvalue weighted by molar-refractivity contribution is 0.645. The van der Waals surface area contributed by atoms with E-state index in [9.17, 15) is 4.89 Å². The Hall–Kier alpha value is -2.15. The molecule has 23 heavy (non-hydrogen) atoms. The lowest BCUT2D eigenvalue weighted by atomic mass is 10.0. The fraction of sp³-hybridized carbons (Fsp3) is 0. The smallest absolute Gasteiger partial charge is 0.0883 e. The second kappa shape index (κ2) is 6.54. The van der Waals surface area contributed by atoms with E-state index in [-0.39, 0.29) is 8.41 Å². The molecule has 0 saturated heterocycles. The number of hydrogen-bond donors (Lipinski definition) is 1. The van der Waals surface area contributed by atoms with Crippen molar-refractivity contribution in [1.29, 1.82) is 0 Å². The van der Waals surface area contributed by atoms with Crippen LogP contribution in [0.1, 0.15) is 0 Å². The van der Waals surface area contributed by atoms with Crippen LogP contribution in [-0.4, -0.2) is 13.3 Å². The van der Waals surface area contributed by atoms with Gasteiger partial charge in [-0.15, -0.1) is 0 Å². The predicted molar refractivity (Wildman–Crippen MR) is 106 cm³/mol. The Balaban J connectivity index is 0.00000156. The molecule has 112 valence electrons. The fourth-order valence-electron chi connectivity index (χ4n) is 2.92. The second-order valence-corrected chi connectivity index (χ2v) is 6.93. The van der Waals surface area contributed by atoms with E-state index < -0.39 is 8.15 Å². The third-order valence-corrected chi connectivity index (χ3v) is 5.59. The van der Waals surface area contributed by atoms with Crippen LogP contribution in [0.25, 0.3) is 21.5 Å². The highest BCUT2D eigenvalue weighted by Crippen LogP contribution is 2.35. The molecule has 0 spiro atoms. The summed E-state index contributed by atoms with van der Waals surface area (Å²) < 4.78 is 0. The molecule has 0 aliphatic carbocycles. The van der Waals surface area contributed by atoms with E-state index in [1.807, 2.05) is 42.5 Å². The summed E-state index contributed by atoms with van der Waals surface area (Å²) in [6, 6.07) is 28.7. The summed E-state index contributed by atoms with van der Waals surface area (Å²) in [5.41, 5.74) is 0. The van der Waals surface area contributed by atoms with Crippen LogP contribution < -0.4 is 10.6 Å².